The minimum atomic E-state index is -2.01. The maximum atomic E-state index is 10.4. The van der Waals surface area contributed by atoms with E-state index in [2.05, 4.69) is 0 Å². The molecule has 3 fully saturated rings. The van der Waals surface area contributed by atoms with Gasteiger partial charge in [-0.05, 0) is 0 Å². The van der Waals surface area contributed by atoms with Crippen LogP contribution < -0.4 is 0 Å². The Morgan fingerprint density at radius 3 is 1.20 bits per heavy atom. The third kappa shape index (κ3) is 9.00. The second kappa shape index (κ2) is 17.0. The average Bonchev–Trinajstić information content (AvgIpc) is 3.03. The molecular formula is C24H44O21. The van der Waals surface area contributed by atoms with Crippen molar-refractivity contribution in [3.63, 3.8) is 0 Å². The van der Waals surface area contributed by atoms with Crippen molar-refractivity contribution in [3.05, 3.63) is 0 Å². The van der Waals surface area contributed by atoms with E-state index < -0.39 is 150 Å². The molecule has 3 aliphatic heterocycles. The highest BCUT2D eigenvalue weighted by Crippen LogP contribution is 2.28. The summed E-state index contributed by atoms with van der Waals surface area (Å²) in [5.74, 6) is 0. The van der Waals surface area contributed by atoms with Crippen LogP contribution in [0, 0.1) is 0 Å². The average molecular weight is 669 g/mol. The molecule has 19 atom stereocenters. The predicted octanol–water partition coefficient (Wildman–Crippen LogP) is -10.1. The van der Waals surface area contributed by atoms with Gasteiger partial charge in [-0.2, -0.15) is 0 Å². The molecule has 266 valence electrons. The monoisotopic (exact) mass is 668 g/mol. The van der Waals surface area contributed by atoms with E-state index in [1.54, 1.807) is 0 Å². The zero-order chi connectivity index (χ0) is 33.7. The van der Waals surface area contributed by atoms with E-state index in [-0.39, 0.29) is 0 Å². The Balaban J connectivity index is 1.58. The Bertz CT molecular complexity index is 871. The zero-order valence-corrected chi connectivity index (χ0v) is 23.7. The van der Waals surface area contributed by atoms with Crippen LogP contribution in [-0.2, 0) is 28.4 Å². The summed E-state index contributed by atoms with van der Waals surface area (Å²) in [7, 11) is 0. The van der Waals surface area contributed by atoms with E-state index in [0.29, 0.717) is 0 Å². The van der Waals surface area contributed by atoms with Gasteiger partial charge >= 0.3 is 0 Å². The smallest absolute Gasteiger partial charge is 0.186 e. The van der Waals surface area contributed by atoms with Crippen LogP contribution >= 0.6 is 0 Å². The number of hydrogen-bond donors (Lipinski definition) is 15. The molecule has 3 heterocycles. The van der Waals surface area contributed by atoms with Crippen molar-refractivity contribution in [2.45, 2.75) is 117 Å². The number of hydrogen-bond acceptors (Lipinski definition) is 21. The number of aliphatic hydroxyl groups is 15. The summed E-state index contributed by atoms with van der Waals surface area (Å²) in [5, 5.41) is 149. The summed E-state index contributed by atoms with van der Waals surface area (Å²) in [6.45, 7) is -3.85. The first-order valence-electron chi connectivity index (χ1n) is 14.0. The van der Waals surface area contributed by atoms with Crippen LogP contribution in [0.5, 0.6) is 0 Å². The lowest BCUT2D eigenvalue weighted by Gasteiger charge is -2.44. The summed E-state index contributed by atoms with van der Waals surface area (Å²) in [6, 6.07) is 0. The van der Waals surface area contributed by atoms with Crippen LogP contribution in [0.1, 0.15) is 0 Å². The molecule has 3 rings (SSSR count). The van der Waals surface area contributed by atoms with E-state index in [9.17, 15) is 71.5 Å². The Kier molecular flexibility index (Phi) is 14.6. The van der Waals surface area contributed by atoms with Gasteiger partial charge in [0.25, 0.3) is 0 Å². The van der Waals surface area contributed by atoms with Crippen LogP contribution in [0.4, 0.5) is 0 Å². The number of rotatable bonds is 14. The molecular weight excluding hydrogens is 624 g/mol. The lowest BCUT2D eigenvalue weighted by Crippen LogP contribution is -2.62. The Hall–Kier alpha value is -0.840. The fraction of sp³-hybridized carbons (Fsp3) is 1.00. The molecule has 21 nitrogen and oxygen atoms in total. The highest BCUT2D eigenvalue weighted by molar-refractivity contribution is 4.93. The molecule has 0 bridgehead atoms. The highest BCUT2D eigenvalue weighted by atomic mass is 16.7. The van der Waals surface area contributed by atoms with Gasteiger partial charge in [0.2, 0.25) is 0 Å². The van der Waals surface area contributed by atoms with Gasteiger partial charge in [0, 0.05) is 0 Å². The second-order valence-electron chi connectivity index (χ2n) is 11.0. The fourth-order valence-electron chi connectivity index (χ4n) is 4.82. The molecule has 0 aromatic rings. The number of ether oxygens (including phenoxy) is 6. The van der Waals surface area contributed by atoms with Crippen molar-refractivity contribution in [1.82, 2.24) is 0 Å². The van der Waals surface area contributed by atoms with Crippen molar-refractivity contribution < 1.29 is 105 Å². The van der Waals surface area contributed by atoms with E-state index in [4.69, 9.17) is 33.5 Å². The first kappa shape index (κ1) is 38.6. The second-order valence-corrected chi connectivity index (χ2v) is 11.0. The van der Waals surface area contributed by atoms with Crippen LogP contribution in [0.25, 0.3) is 0 Å². The van der Waals surface area contributed by atoms with Gasteiger partial charge in [-0.25, -0.2) is 0 Å². The van der Waals surface area contributed by atoms with Gasteiger partial charge in [-0.3, -0.25) is 0 Å². The Morgan fingerprint density at radius 1 is 0.444 bits per heavy atom. The highest BCUT2D eigenvalue weighted by Gasteiger charge is 2.49. The van der Waals surface area contributed by atoms with Gasteiger partial charge < -0.3 is 105 Å². The zero-order valence-electron chi connectivity index (χ0n) is 23.7. The predicted molar refractivity (Wildman–Crippen MR) is 136 cm³/mol. The van der Waals surface area contributed by atoms with Crippen LogP contribution in [0.15, 0.2) is 0 Å². The largest absolute Gasteiger partial charge is 0.394 e. The summed E-state index contributed by atoms with van der Waals surface area (Å²) >= 11 is 0. The summed E-state index contributed by atoms with van der Waals surface area (Å²) in [5.41, 5.74) is 0. The van der Waals surface area contributed by atoms with E-state index in [1.807, 2.05) is 0 Å². The fourth-order valence-corrected chi connectivity index (χ4v) is 4.82. The first-order valence-corrected chi connectivity index (χ1v) is 14.0. The lowest BCUT2D eigenvalue weighted by molar-refractivity contribution is -0.343. The molecule has 0 radical (unpaired) electrons. The lowest BCUT2D eigenvalue weighted by atomic mass is 9.98. The van der Waals surface area contributed by atoms with Crippen LogP contribution in [0.2, 0.25) is 0 Å². The van der Waals surface area contributed by atoms with Crippen LogP contribution in [0.3, 0.4) is 0 Å². The summed E-state index contributed by atoms with van der Waals surface area (Å²) in [4.78, 5) is 0. The van der Waals surface area contributed by atoms with Crippen molar-refractivity contribution in [2.75, 3.05) is 33.0 Å². The molecule has 3 aliphatic rings. The minimum absolute atomic E-state index is 0.644. The van der Waals surface area contributed by atoms with Gasteiger partial charge in [0.05, 0.1) is 33.0 Å². The maximum absolute atomic E-state index is 10.4. The molecule has 0 unspecified atom stereocenters. The minimum Gasteiger partial charge on any atom is -0.394 e. The van der Waals surface area contributed by atoms with Crippen molar-refractivity contribution in [1.29, 1.82) is 0 Å². The Morgan fingerprint density at radius 2 is 0.800 bits per heavy atom. The molecule has 21 heteroatoms. The molecule has 0 saturated carbocycles. The van der Waals surface area contributed by atoms with Crippen molar-refractivity contribution in [2.24, 2.45) is 0 Å². The Labute approximate surface area is 255 Å². The van der Waals surface area contributed by atoms with E-state index >= 15 is 0 Å². The normalized spacial score (nSPS) is 45.5. The topological polar surface area (TPSA) is 359 Å². The van der Waals surface area contributed by atoms with Gasteiger partial charge in [-0.15, -0.1) is 0 Å². The summed E-state index contributed by atoms with van der Waals surface area (Å²) < 4.78 is 31.9. The standard InChI is InChI=1S/C24H44O21/c25-1-6(27)11(29)12(30)7(28)3-40-22-20(38)17(35)14(32)9(44-22)5-42-24-21(39)18(36)15(33)10(45-24)4-41-23-19(37)16(34)13(31)8(2-26)43-23/h6-39H,1-5H2/t6-,7+,8+,9+,10+,11+,12-,13-,14-,15-,16-,17-,18-,19+,20+,21+,22+,23+,24+/m0/s1. The number of aliphatic hydroxyl groups excluding tert-OH is 15. The molecule has 3 saturated heterocycles. The molecule has 15 N–H and O–H groups in total. The third-order valence-electron chi connectivity index (χ3n) is 7.79. The third-order valence-corrected chi connectivity index (χ3v) is 7.79. The SMILES string of the molecule is OC[C@H](O)[C@@H](O)[C@@H](O)[C@H](O)CO[C@@H]1O[C@H](CO[C@@H]2O[C@H](CO[C@@H]3O[C@H](CO)[C@H](O)[C@H](O)[C@H]3O)[C@H](O)[C@H](O)[C@H]2O)[C@H](O)[C@H](O)[C@H]1O. The van der Waals surface area contributed by atoms with Gasteiger partial charge in [0.15, 0.2) is 18.9 Å². The van der Waals surface area contributed by atoms with Crippen LogP contribution in [-0.4, -0.2) is 226 Å². The molecule has 0 aromatic carbocycles. The van der Waals surface area contributed by atoms with Crippen molar-refractivity contribution >= 4 is 0 Å². The molecule has 0 aliphatic carbocycles. The molecule has 0 amide bonds. The quantitative estimate of drug-likeness (QED) is 0.0816. The summed E-state index contributed by atoms with van der Waals surface area (Å²) in [6.07, 6.45) is -33.4. The van der Waals surface area contributed by atoms with Gasteiger partial charge in [-0.1, -0.05) is 0 Å². The molecule has 0 spiro atoms. The van der Waals surface area contributed by atoms with E-state index in [1.165, 1.54) is 0 Å². The maximum Gasteiger partial charge on any atom is 0.186 e. The van der Waals surface area contributed by atoms with Gasteiger partial charge in [0.1, 0.15) is 97.7 Å². The molecule has 45 heavy (non-hydrogen) atoms. The first-order chi connectivity index (χ1) is 21.1. The molecule has 0 aromatic heterocycles. The van der Waals surface area contributed by atoms with Crippen molar-refractivity contribution in [3.8, 4) is 0 Å². The van der Waals surface area contributed by atoms with E-state index in [0.717, 1.165) is 0 Å².